The van der Waals surface area contributed by atoms with E-state index >= 15 is 0 Å². The SMILES string of the molecule is Nc1cccn2c(-c3ccc(F)c(F)c3)nnc12. The highest BCUT2D eigenvalue weighted by atomic mass is 19.2. The first-order valence-corrected chi connectivity index (χ1v) is 5.21. The first kappa shape index (κ1) is 10.6. The molecule has 0 amide bonds. The second-order valence-corrected chi connectivity index (χ2v) is 3.81. The van der Waals surface area contributed by atoms with Crippen LogP contribution in [-0.4, -0.2) is 14.6 Å². The van der Waals surface area contributed by atoms with Crippen LogP contribution in [0.15, 0.2) is 36.5 Å². The van der Waals surface area contributed by atoms with Gasteiger partial charge in [0.1, 0.15) is 0 Å². The molecule has 0 bridgehead atoms. The Kier molecular flexibility index (Phi) is 2.22. The second-order valence-electron chi connectivity index (χ2n) is 3.81. The van der Waals surface area contributed by atoms with Gasteiger partial charge < -0.3 is 5.73 Å². The minimum atomic E-state index is -0.923. The van der Waals surface area contributed by atoms with E-state index in [0.29, 0.717) is 22.7 Å². The van der Waals surface area contributed by atoms with Gasteiger partial charge in [-0.05, 0) is 30.3 Å². The summed E-state index contributed by atoms with van der Waals surface area (Å²) in [5.74, 6) is -1.41. The molecule has 2 heterocycles. The third-order valence-corrected chi connectivity index (χ3v) is 2.64. The third-order valence-electron chi connectivity index (χ3n) is 2.64. The van der Waals surface area contributed by atoms with Gasteiger partial charge in [-0.1, -0.05) is 0 Å². The Morgan fingerprint density at radius 2 is 1.89 bits per heavy atom. The summed E-state index contributed by atoms with van der Waals surface area (Å²) < 4.78 is 27.7. The molecule has 0 fully saturated rings. The van der Waals surface area contributed by atoms with Gasteiger partial charge in [0.2, 0.25) is 0 Å². The lowest BCUT2D eigenvalue weighted by Gasteiger charge is -2.01. The number of fused-ring (bicyclic) bond motifs is 1. The van der Waals surface area contributed by atoms with Gasteiger partial charge in [0, 0.05) is 11.8 Å². The zero-order valence-electron chi connectivity index (χ0n) is 9.14. The molecule has 2 N–H and O–H groups in total. The third kappa shape index (κ3) is 1.50. The molecule has 3 rings (SSSR count). The molecule has 2 aromatic heterocycles. The number of benzene rings is 1. The molecule has 18 heavy (non-hydrogen) atoms. The highest BCUT2D eigenvalue weighted by molar-refractivity contribution is 5.68. The van der Waals surface area contributed by atoms with E-state index in [0.717, 1.165) is 12.1 Å². The Hall–Kier alpha value is -2.50. The Morgan fingerprint density at radius 3 is 2.67 bits per heavy atom. The van der Waals surface area contributed by atoms with Crippen LogP contribution in [0.3, 0.4) is 0 Å². The van der Waals surface area contributed by atoms with Gasteiger partial charge in [0.15, 0.2) is 23.1 Å². The largest absolute Gasteiger partial charge is 0.396 e. The van der Waals surface area contributed by atoms with E-state index in [2.05, 4.69) is 10.2 Å². The van der Waals surface area contributed by atoms with E-state index in [1.165, 1.54) is 6.07 Å². The predicted octanol–water partition coefficient (Wildman–Crippen LogP) is 2.26. The van der Waals surface area contributed by atoms with E-state index in [4.69, 9.17) is 5.73 Å². The fourth-order valence-electron chi connectivity index (χ4n) is 1.77. The van der Waals surface area contributed by atoms with Gasteiger partial charge >= 0.3 is 0 Å². The Morgan fingerprint density at radius 1 is 1.06 bits per heavy atom. The van der Waals surface area contributed by atoms with E-state index in [-0.39, 0.29) is 0 Å². The van der Waals surface area contributed by atoms with Crippen molar-refractivity contribution in [3.05, 3.63) is 48.2 Å². The Bertz CT molecular complexity index is 736. The zero-order chi connectivity index (χ0) is 12.7. The number of anilines is 1. The van der Waals surface area contributed by atoms with Gasteiger partial charge in [-0.25, -0.2) is 8.78 Å². The van der Waals surface area contributed by atoms with Crippen molar-refractivity contribution >= 4 is 11.3 Å². The lowest BCUT2D eigenvalue weighted by Crippen LogP contribution is -1.94. The number of hydrogen-bond donors (Lipinski definition) is 1. The topological polar surface area (TPSA) is 56.2 Å². The molecule has 0 unspecified atom stereocenters. The number of pyridine rings is 1. The minimum absolute atomic E-state index is 0.413. The molecule has 0 aliphatic rings. The van der Waals surface area contributed by atoms with Crippen molar-refractivity contribution in [2.24, 2.45) is 0 Å². The number of nitrogen functional groups attached to an aromatic ring is 1. The van der Waals surface area contributed by atoms with Crippen LogP contribution in [0.25, 0.3) is 17.0 Å². The maximum atomic E-state index is 13.2. The summed E-state index contributed by atoms with van der Waals surface area (Å²) in [5.41, 5.74) is 7.14. The standard InChI is InChI=1S/C12H8F2N4/c13-8-4-3-7(6-9(8)14)11-16-17-12-10(15)2-1-5-18(11)12/h1-6H,15H2. The molecule has 0 saturated heterocycles. The normalized spacial score (nSPS) is 11.0. The molecule has 0 saturated carbocycles. The lowest BCUT2D eigenvalue weighted by molar-refractivity contribution is 0.509. The lowest BCUT2D eigenvalue weighted by atomic mass is 10.2. The number of aromatic nitrogens is 3. The van der Waals surface area contributed by atoms with Crippen molar-refractivity contribution in [2.75, 3.05) is 5.73 Å². The molecular weight excluding hydrogens is 238 g/mol. The van der Waals surface area contributed by atoms with Crippen LogP contribution >= 0.6 is 0 Å². The monoisotopic (exact) mass is 246 g/mol. The van der Waals surface area contributed by atoms with Crippen LogP contribution in [0.5, 0.6) is 0 Å². The van der Waals surface area contributed by atoms with E-state index < -0.39 is 11.6 Å². The number of nitrogens with zero attached hydrogens (tertiary/aromatic N) is 3. The van der Waals surface area contributed by atoms with Crippen molar-refractivity contribution in [2.45, 2.75) is 0 Å². The van der Waals surface area contributed by atoms with Crippen LogP contribution in [0.1, 0.15) is 0 Å². The number of halogens is 2. The maximum Gasteiger partial charge on any atom is 0.184 e. The second kappa shape index (κ2) is 3.76. The van der Waals surface area contributed by atoms with Crippen molar-refractivity contribution in [3.63, 3.8) is 0 Å². The molecule has 0 spiro atoms. The van der Waals surface area contributed by atoms with Crippen LogP contribution in [0, 0.1) is 11.6 Å². The van der Waals surface area contributed by atoms with Crippen LogP contribution < -0.4 is 5.73 Å². The molecule has 0 atom stereocenters. The summed E-state index contributed by atoms with van der Waals surface area (Å²) in [4.78, 5) is 0. The van der Waals surface area contributed by atoms with Gasteiger partial charge in [-0.3, -0.25) is 4.40 Å². The Labute approximate surface area is 101 Å². The van der Waals surface area contributed by atoms with E-state index in [1.807, 2.05) is 0 Å². The fourth-order valence-corrected chi connectivity index (χ4v) is 1.77. The molecule has 6 heteroatoms. The molecule has 3 aromatic rings. The van der Waals surface area contributed by atoms with Crippen molar-refractivity contribution in [3.8, 4) is 11.4 Å². The van der Waals surface area contributed by atoms with Gasteiger partial charge in [-0.15, -0.1) is 10.2 Å². The van der Waals surface area contributed by atoms with Crippen LogP contribution in [0.2, 0.25) is 0 Å². The smallest absolute Gasteiger partial charge is 0.184 e. The summed E-state index contributed by atoms with van der Waals surface area (Å²) in [6, 6.07) is 7.00. The molecule has 0 aliphatic heterocycles. The van der Waals surface area contributed by atoms with Crippen LogP contribution in [0.4, 0.5) is 14.5 Å². The first-order valence-electron chi connectivity index (χ1n) is 5.21. The summed E-state index contributed by atoms with van der Waals surface area (Å²) in [6.45, 7) is 0. The van der Waals surface area contributed by atoms with Crippen molar-refractivity contribution in [1.29, 1.82) is 0 Å². The quantitative estimate of drug-likeness (QED) is 0.716. The van der Waals surface area contributed by atoms with Gasteiger partial charge in [0.05, 0.1) is 5.69 Å². The first-order chi connectivity index (χ1) is 8.66. The van der Waals surface area contributed by atoms with Gasteiger partial charge in [-0.2, -0.15) is 0 Å². The average molecular weight is 246 g/mol. The van der Waals surface area contributed by atoms with Crippen molar-refractivity contribution < 1.29 is 8.78 Å². The molecule has 0 radical (unpaired) electrons. The Balaban J connectivity index is 2.25. The summed E-state index contributed by atoms with van der Waals surface area (Å²) in [7, 11) is 0. The van der Waals surface area contributed by atoms with Crippen LogP contribution in [-0.2, 0) is 0 Å². The average Bonchev–Trinajstić information content (AvgIpc) is 2.78. The summed E-state index contributed by atoms with van der Waals surface area (Å²) in [5, 5.41) is 7.86. The summed E-state index contributed by atoms with van der Waals surface area (Å²) in [6.07, 6.45) is 1.71. The molecular formula is C12H8F2N4. The van der Waals surface area contributed by atoms with Crippen molar-refractivity contribution in [1.82, 2.24) is 14.6 Å². The molecule has 1 aromatic carbocycles. The highest BCUT2D eigenvalue weighted by Crippen LogP contribution is 2.22. The number of nitrogens with two attached hydrogens (primary N) is 1. The van der Waals surface area contributed by atoms with E-state index in [9.17, 15) is 8.78 Å². The fraction of sp³-hybridized carbons (Fsp3) is 0. The maximum absolute atomic E-state index is 13.2. The molecule has 0 aliphatic carbocycles. The number of hydrogen-bond acceptors (Lipinski definition) is 3. The summed E-state index contributed by atoms with van der Waals surface area (Å²) >= 11 is 0. The van der Waals surface area contributed by atoms with Gasteiger partial charge in [0.25, 0.3) is 0 Å². The highest BCUT2D eigenvalue weighted by Gasteiger charge is 2.11. The zero-order valence-corrected chi connectivity index (χ0v) is 9.14. The van der Waals surface area contributed by atoms with E-state index in [1.54, 1.807) is 22.7 Å². The number of rotatable bonds is 1. The predicted molar refractivity (Wildman–Crippen MR) is 62.8 cm³/mol. The minimum Gasteiger partial charge on any atom is -0.396 e. The molecule has 4 nitrogen and oxygen atoms in total. The molecule has 90 valence electrons.